The van der Waals surface area contributed by atoms with E-state index in [4.69, 9.17) is 0 Å². The number of hydrazine groups is 1. The second-order valence-electron chi connectivity index (χ2n) is 5.67. The Bertz CT molecular complexity index is 578. The van der Waals surface area contributed by atoms with Crippen molar-refractivity contribution in [1.29, 1.82) is 0 Å². The van der Waals surface area contributed by atoms with Crippen LogP contribution in [0.3, 0.4) is 0 Å². The molecule has 5 nitrogen and oxygen atoms in total. The van der Waals surface area contributed by atoms with Gasteiger partial charge in [-0.2, -0.15) is 0 Å². The predicted molar refractivity (Wildman–Crippen MR) is 93.2 cm³/mol. The van der Waals surface area contributed by atoms with Crippen LogP contribution in [-0.4, -0.2) is 33.3 Å². The van der Waals surface area contributed by atoms with Crippen LogP contribution in [0.4, 0.5) is 0 Å². The Morgan fingerprint density at radius 2 is 2.18 bits per heavy atom. The van der Waals surface area contributed by atoms with Crippen LogP contribution in [0.1, 0.15) is 19.4 Å². The molecule has 2 aliphatic heterocycles. The molecular formula is C15H20N4OS2. The van der Waals surface area contributed by atoms with E-state index in [0.29, 0.717) is 11.7 Å². The third-order valence-electron chi connectivity index (χ3n) is 3.81. The molecule has 0 spiro atoms. The maximum absolute atomic E-state index is 12.9. The molecule has 118 valence electrons. The molecule has 1 aromatic rings. The second-order valence-corrected chi connectivity index (χ2v) is 7.61. The molecule has 0 aliphatic carbocycles. The quantitative estimate of drug-likeness (QED) is 0.804. The minimum atomic E-state index is -0.633. The van der Waals surface area contributed by atoms with E-state index in [1.54, 1.807) is 11.8 Å². The Morgan fingerprint density at radius 1 is 1.41 bits per heavy atom. The van der Waals surface area contributed by atoms with Gasteiger partial charge >= 0.3 is 0 Å². The van der Waals surface area contributed by atoms with Gasteiger partial charge in [0.1, 0.15) is 10.7 Å². The molecule has 0 saturated carbocycles. The van der Waals surface area contributed by atoms with Crippen LogP contribution in [0.15, 0.2) is 35.3 Å². The van der Waals surface area contributed by atoms with Gasteiger partial charge in [0.25, 0.3) is 0 Å². The lowest BCUT2D eigenvalue weighted by molar-refractivity contribution is -0.118. The normalized spacial score (nSPS) is 25.3. The Balaban J connectivity index is 1.74. The van der Waals surface area contributed by atoms with Gasteiger partial charge in [-0.05, 0) is 23.4 Å². The molecule has 22 heavy (non-hydrogen) atoms. The number of hydrogen-bond donors (Lipinski definition) is 2. The van der Waals surface area contributed by atoms with Crippen LogP contribution in [0.2, 0.25) is 0 Å². The average molecular weight is 336 g/mol. The van der Waals surface area contributed by atoms with Crippen molar-refractivity contribution in [2.75, 3.05) is 11.8 Å². The number of rotatable bonds is 5. The van der Waals surface area contributed by atoms with Gasteiger partial charge < -0.3 is 4.72 Å². The summed E-state index contributed by atoms with van der Waals surface area (Å²) in [6.45, 7) is 4.93. The summed E-state index contributed by atoms with van der Waals surface area (Å²) in [5, 5.41) is 2.11. The molecule has 3 rings (SSSR count). The van der Waals surface area contributed by atoms with Crippen LogP contribution < -0.4 is 10.1 Å². The van der Waals surface area contributed by atoms with Gasteiger partial charge in [-0.3, -0.25) is 9.79 Å². The first-order chi connectivity index (χ1) is 10.6. The number of nitrogens with zero attached hydrogens (tertiary/aromatic N) is 2. The molecule has 0 aromatic heterocycles. The van der Waals surface area contributed by atoms with E-state index in [-0.39, 0.29) is 11.7 Å². The number of benzene rings is 1. The number of hydrogen-bond acceptors (Lipinski definition) is 7. The topological polar surface area (TPSA) is 56.7 Å². The van der Waals surface area contributed by atoms with Crippen LogP contribution in [0.25, 0.3) is 0 Å². The van der Waals surface area contributed by atoms with Crippen molar-refractivity contribution in [3.8, 4) is 0 Å². The minimum Gasteiger partial charge on any atom is -0.310 e. The zero-order valence-corrected chi connectivity index (χ0v) is 14.3. The molecule has 2 heterocycles. The number of thioether (sulfide) groups is 1. The first kappa shape index (κ1) is 15.9. The smallest absolute Gasteiger partial charge is 0.229 e. The highest BCUT2D eigenvalue weighted by Crippen LogP contribution is 2.38. The fraction of sp³-hybridized carbons (Fsp3) is 0.467. The summed E-state index contributed by atoms with van der Waals surface area (Å²) in [4.78, 5) is 16.5. The SMILES string of the molecule is CC(C)C1(C(=O)C2=NCSN2)NN(Cc2ccccc2)CS1. The lowest BCUT2D eigenvalue weighted by Gasteiger charge is -2.31. The summed E-state index contributed by atoms with van der Waals surface area (Å²) in [5.41, 5.74) is 4.68. The standard InChI is InChI=1S/C15H20N4OS2/c1-11(2)15(13(20)14-16-9-22-17-14)18-19(10-21-15)8-12-6-4-3-5-7-12/h3-7,11,18H,8-10H2,1-2H3,(H,16,17). The molecule has 1 unspecified atom stereocenters. The molecule has 1 atom stereocenters. The Hall–Kier alpha value is -1.02. The number of nitrogens with one attached hydrogen (secondary N) is 2. The second kappa shape index (κ2) is 6.62. The third kappa shape index (κ3) is 3.03. The summed E-state index contributed by atoms with van der Waals surface area (Å²) in [6, 6.07) is 10.3. The average Bonchev–Trinajstić information content (AvgIpc) is 3.18. The van der Waals surface area contributed by atoms with E-state index in [1.807, 2.05) is 18.2 Å². The van der Waals surface area contributed by atoms with Crippen LogP contribution >= 0.6 is 23.7 Å². The Morgan fingerprint density at radius 3 is 2.82 bits per heavy atom. The van der Waals surface area contributed by atoms with Gasteiger partial charge in [-0.15, -0.1) is 11.8 Å². The van der Waals surface area contributed by atoms with E-state index in [2.05, 4.69) is 46.1 Å². The number of amidine groups is 1. The minimum absolute atomic E-state index is 0.0491. The largest absolute Gasteiger partial charge is 0.310 e. The Labute approximate surface area is 139 Å². The van der Waals surface area contributed by atoms with Gasteiger partial charge in [0.05, 0.1) is 5.88 Å². The molecule has 0 radical (unpaired) electrons. The molecule has 0 amide bonds. The molecule has 7 heteroatoms. The van der Waals surface area contributed by atoms with Crippen LogP contribution in [0, 0.1) is 5.92 Å². The number of carbonyl (C=O) groups excluding carboxylic acids is 1. The first-order valence-corrected chi connectivity index (χ1v) is 9.26. The summed E-state index contributed by atoms with van der Waals surface area (Å²) in [7, 11) is 0. The van der Waals surface area contributed by atoms with E-state index in [0.717, 1.165) is 12.4 Å². The highest BCUT2D eigenvalue weighted by molar-refractivity contribution is 8.01. The third-order valence-corrected chi connectivity index (χ3v) is 6.05. The molecule has 2 N–H and O–H groups in total. The highest BCUT2D eigenvalue weighted by atomic mass is 32.2. The van der Waals surface area contributed by atoms with Crippen molar-refractivity contribution < 1.29 is 4.79 Å². The van der Waals surface area contributed by atoms with Crippen molar-refractivity contribution in [3.63, 3.8) is 0 Å². The lowest BCUT2D eigenvalue weighted by Crippen LogP contribution is -2.57. The van der Waals surface area contributed by atoms with Gasteiger partial charge in [-0.1, -0.05) is 44.2 Å². The van der Waals surface area contributed by atoms with E-state index in [9.17, 15) is 4.79 Å². The number of ketones is 1. The number of aliphatic imine (C=N–C) groups is 1. The van der Waals surface area contributed by atoms with Crippen molar-refractivity contribution in [2.45, 2.75) is 25.3 Å². The predicted octanol–water partition coefficient (Wildman–Crippen LogP) is 2.23. The van der Waals surface area contributed by atoms with Crippen LogP contribution in [0.5, 0.6) is 0 Å². The number of Topliss-reactive ketones (excluding diaryl/α,β-unsaturated/α-hetero) is 1. The molecule has 0 bridgehead atoms. The highest BCUT2D eigenvalue weighted by Gasteiger charge is 2.49. The van der Waals surface area contributed by atoms with Gasteiger partial charge in [-0.25, -0.2) is 10.4 Å². The van der Waals surface area contributed by atoms with Gasteiger partial charge in [0, 0.05) is 6.54 Å². The van der Waals surface area contributed by atoms with Crippen molar-refractivity contribution in [1.82, 2.24) is 15.2 Å². The van der Waals surface area contributed by atoms with E-state index >= 15 is 0 Å². The molecule has 1 aromatic carbocycles. The lowest BCUT2D eigenvalue weighted by atomic mass is 9.98. The monoisotopic (exact) mass is 336 g/mol. The molecule has 1 saturated heterocycles. The Kier molecular flexibility index (Phi) is 4.77. The van der Waals surface area contributed by atoms with Crippen molar-refractivity contribution in [3.05, 3.63) is 35.9 Å². The maximum atomic E-state index is 12.9. The fourth-order valence-electron chi connectivity index (χ4n) is 2.57. The van der Waals surface area contributed by atoms with E-state index in [1.165, 1.54) is 17.5 Å². The zero-order valence-electron chi connectivity index (χ0n) is 12.7. The van der Waals surface area contributed by atoms with Crippen molar-refractivity contribution in [2.24, 2.45) is 10.9 Å². The maximum Gasteiger partial charge on any atom is 0.229 e. The zero-order chi connectivity index (χ0) is 15.6. The summed E-state index contributed by atoms with van der Waals surface area (Å²) in [5.74, 6) is 2.08. The summed E-state index contributed by atoms with van der Waals surface area (Å²) >= 11 is 3.11. The summed E-state index contributed by atoms with van der Waals surface area (Å²) < 4.78 is 3.02. The van der Waals surface area contributed by atoms with E-state index < -0.39 is 4.87 Å². The molecule has 2 aliphatic rings. The molecular weight excluding hydrogens is 316 g/mol. The van der Waals surface area contributed by atoms with Crippen molar-refractivity contribution >= 4 is 35.3 Å². The summed E-state index contributed by atoms with van der Waals surface area (Å²) in [6.07, 6.45) is 0. The van der Waals surface area contributed by atoms with Crippen LogP contribution in [-0.2, 0) is 11.3 Å². The number of carbonyl (C=O) groups is 1. The molecule has 1 fully saturated rings. The first-order valence-electron chi connectivity index (χ1n) is 7.29. The fourth-order valence-corrected chi connectivity index (χ4v) is 4.39. The van der Waals surface area contributed by atoms with Gasteiger partial charge in [0.15, 0.2) is 5.84 Å². The van der Waals surface area contributed by atoms with Gasteiger partial charge in [0.2, 0.25) is 5.78 Å².